The highest BCUT2D eigenvalue weighted by Gasteiger charge is 2.30. The van der Waals surface area contributed by atoms with E-state index in [1.54, 1.807) is 23.1 Å². The maximum absolute atomic E-state index is 14.3. The van der Waals surface area contributed by atoms with Crippen molar-refractivity contribution in [1.82, 2.24) is 4.90 Å². The highest BCUT2D eigenvalue weighted by Crippen LogP contribution is 2.42. The standard InChI is InChI=1S/C22H17F2N3O2S/c1-26-18-5-3-12(7-16(18)23)15-9-20(22(28)27-10-14(25)11-27)30-21(15)13-4-6-19(29-2)17(24)8-13/h3-9,14H,10-11,25H2,2H3. The second-order valence-electron chi connectivity index (χ2n) is 6.95. The summed E-state index contributed by atoms with van der Waals surface area (Å²) in [6.07, 6.45) is 0. The lowest BCUT2D eigenvalue weighted by molar-refractivity contribution is 0.0613. The van der Waals surface area contributed by atoms with Crippen LogP contribution in [0.5, 0.6) is 5.75 Å². The number of halogens is 2. The van der Waals surface area contributed by atoms with Crippen molar-refractivity contribution in [3.05, 3.63) is 70.4 Å². The van der Waals surface area contributed by atoms with Gasteiger partial charge in [-0.05, 0) is 41.5 Å². The summed E-state index contributed by atoms with van der Waals surface area (Å²) in [6, 6.07) is 10.4. The van der Waals surface area contributed by atoms with Crippen LogP contribution in [-0.4, -0.2) is 37.0 Å². The summed E-state index contributed by atoms with van der Waals surface area (Å²) in [4.78, 5) is 18.7. The van der Waals surface area contributed by atoms with Gasteiger partial charge < -0.3 is 15.4 Å². The third-order valence-corrected chi connectivity index (χ3v) is 6.11. The second-order valence-corrected chi connectivity index (χ2v) is 8.00. The third kappa shape index (κ3) is 3.54. The van der Waals surface area contributed by atoms with Gasteiger partial charge in [0.25, 0.3) is 5.91 Å². The van der Waals surface area contributed by atoms with Gasteiger partial charge in [0.15, 0.2) is 11.6 Å². The molecule has 2 heterocycles. The minimum absolute atomic E-state index is 0.0289. The summed E-state index contributed by atoms with van der Waals surface area (Å²) in [5.74, 6) is -1.25. The molecule has 0 radical (unpaired) electrons. The summed E-state index contributed by atoms with van der Waals surface area (Å²) in [5, 5.41) is 0. The number of ether oxygens (including phenoxy) is 1. The van der Waals surface area contributed by atoms with Crippen LogP contribution in [0.15, 0.2) is 42.5 Å². The zero-order chi connectivity index (χ0) is 21.4. The van der Waals surface area contributed by atoms with Crippen LogP contribution in [0.2, 0.25) is 0 Å². The number of carbonyl (C=O) groups excluding carboxylic acids is 1. The molecule has 0 bridgehead atoms. The summed E-state index contributed by atoms with van der Waals surface area (Å²) in [5.41, 5.74) is 7.33. The van der Waals surface area contributed by atoms with Gasteiger partial charge in [-0.15, -0.1) is 11.3 Å². The molecule has 1 aromatic heterocycles. The molecule has 1 saturated heterocycles. The highest BCUT2D eigenvalue weighted by atomic mass is 32.1. The van der Waals surface area contributed by atoms with Crippen molar-refractivity contribution in [2.45, 2.75) is 6.04 Å². The Kier molecular flexibility index (Phi) is 5.24. The normalized spacial score (nSPS) is 13.6. The van der Waals surface area contributed by atoms with Crippen LogP contribution >= 0.6 is 11.3 Å². The highest BCUT2D eigenvalue weighted by molar-refractivity contribution is 7.18. The van der Waals surface area contributed by atoms with Crippen molar-refractivity contribution in [1.29, 1.82) is 0 Å². The van der Waals surface area contributed by atoms with Crippen molar-refractivity contribution in [2.24, 2.45) is 5.73 Å². The SMILES string of the molecule is [C-]#[N+]c1ccc(-c2cc(C(=O)N3CC(N)C3)sc2-c2ccc(OC)c(F)c2)cc1F. The lowest BCUT2D eigenvalue weighted by atomic mass is 10.0. The molecule has 1 aliphatic rings. The van der Waals surface area contributed by atoms with Crippen molar-refractivity contribution < 1.29 is 18.3 Å². The topological polar surface area (TPSA) is 59.9 Å². The average molecular weight is 425 g/mol. The molecular formula is C22H17F2N3O2S. The van der Waals surface area contributed by atoms with Crippen molar-refractivity contribution >= 4 is 22.9 Å². The minimum atomic E-state index is -0.651. The summed E-state index contributed by atoms with van der Waals surface area (Å²) < 4.78 is 33.6. The first-order chi connectivity index (χ1) is 14.4. The smallest absolute Gasteiger partial charge is 0.264 e. The van der Waals surface area contributed by atoms with E-state index in [9.17, 15) is 13.6 Å². The zero-order valence-corrected chi connectivity index (χ0v) is 16.8. The van der Waals surface area contributed by atoms with Gasteiger partial charge in [0.1, 0.15) is 5.82 Å². The molecular weight excluding hydrogens is 408 g/mol. The van der Waals surface area contributed by atoms with Crippen LogP contribution < -0.4 is 10.5 Å². The van der Waals surface area contributed by atoms with Crippen LogP contribution in [0.1, 0.15) is 9.67 Å². The van der Waals surface area contributed by atoms with E-state index in [1.807, 2.05) is 0 Å². The molecule has 0 atom stereocenters. The van der Waals surface area contributed by atoms with E-state index in [0.29, 0.717) is 39.5 Å². The van der Waals surface area contributed by atoms with Crippen molar-refractivity contribution in [3.63, 3.8) is 0 Å². The lowest BCUT2D eigenvalue weighted by Crippen LogP contribution is -2.57. The van der Waals surface area contributed by atoms with Crippen LogP contribution in [0.25, 0.3) is 26.4 Å². The molecule has 2 aromatic carbocycles. The van der Waals surface area contributed by atoms with E-state index < -0.39 is 11.6 Å². The predicted molar refractivity (Wildman–Crippen MR) is 112 cm³/mol. The second kappa shape index (κ2) is 7.86. The average Bonchev–Trinajstić information content (AvgIpc) is 3.16. The molecule has 30 heavy (non-hydrogen) atoms. The minimum Gasteiger partial charge on any atom is -0.494 e. The predicted octanol–water partition coefficient (Wildman–Crippen LogP) is 4.70. The number of thiophene rings is 1. The number of likely N-dealkylation sites (tertiary alicyclic amines) is 1. The van der Waals surface area contributed by atoms with E-state index in [0.717, 1.165) is 0 Å². The van der Waals surface area contributed by atoms with Crippen LogP contribution in [0.4, 0.5) is 14.5 Å². The maximum Gasteiger partial charge on any atom is 0.264 e. The number of methoxy groups -OCH3 is 1. The number of hydrogen-bond donors (Lipinski definition) is 1. The molecule has 0 unspecified atom stereocenters. The summed E-state index contributed by atoms with van der Waals surface area (Å²) in [6.45, 7) is 7.98. The van der Waals surface area contributed by atoms with Gasteiger partial charge in [-0.1, -0.05) is 12.1 Å². The Hall–Kier alpha value is -3.28. The Morgan fingerprint density at radius 3 is 2.47 bits per heavy atom. The quantitative estimate of drug-likeness (QED) is 0.617. The van der Waals surface area contributed by atoms with Gasteiger partial charge in [-0.25, -0.2) is 13.6 Å². The van der Waals surface area contributed by atoms with Gasteiger partial charge in [0.05, 0.1) is 18.6 Å². The molecule has 1 amide bonds. The van der Waals surface area contributed by atoms with Crippen molar-refractivity contribution in [3.8, 4) is 27.3 Å². The summed E-state index contributed by atoms with van der Waals surface area (Å²) in [7, 11) is 1.38. The lowest BCUT2D eigenvalue weighted by Gasteiger charge is -2.36. The first kappa shape index (κ1) is 20.0. The number of rotatable bonds is 4. The number of carbonyl (C=O) groups is 1. The van der Waals surface area contributed by atoms with Gasteiger partial charge in [-0.2, -0.15) is 0 Å². The van der Waals surface area contributed by atoms with Crippen LogP contribution in [0, 0.1) is 18.2 Å². The van der Waals surface area contributed by atoms with Crippen molar-refractivity contribution in [2.75, 3.05) is 20.2 Å². The summed E-state index contributed by atoms with van der Waals surface area (Å²) >= 11 is 1.21. The largest absolute Gasteiger partial charge is 0.494 e. The van der Waals surface area contributed by atoms with Gasteiger partial charge >= 0.3 is 0 Å². The van der Waals surface area contributed by atoms with E-state index in [2.05, 4.69) is 4.85 Å². The molecule has 0 spiro atoms. The molecule has 0 saturated carbocycles. The molecule has 152 valence electrons. The molecule has 0 aliphatic carbocycles. The molecule has 1 fully saturated rings. The fourth-order valence-corrected chi connectivity index (χ4v) is 4.48. The van der Waals surface area contributed by atoms with Gasteiger partial charge in [0, 0.05) is 29.6 Å². The van der Waals surface area contributed by atoms with E-state index in [1.165, 1.54) is 42.7 Å². The van der Waals surface area contributed by atoms with Gasteiger partial charge in [0.2, 0.25) is 5.69 Å². The molecule has 5 nitrogen and oxygen atoms in total. The molecule has 1 aliphatic heterocycles. The Labute approximate surface area is 176 Å². The first-order valence-electron chi connectivity index (χ1n) is 9.11. The Bertz CT molecular complexity index is 1180. The Morgan fingerprint density at radius 1 is 1.17 bits per heavy atom. The zero-order valence-electron chi connectivity index (χ0n) is 16.0. The van der Waals surface area contributed by atoms with E-state index in [-0.39, 0.29) is 23.4 Å². The monoisotopic (exact) mass is 425 g/mol. The fraction of sp³-hybridized carbons (Fsp3) is 0.182. The number of nitrogens with two attached hydrogens (primary N) is 1. The fourth-order valence-electron chi connectivity index (χ4n) is 3.33. The number of nitrogens with zero attached hydrogens (tertiary/aromatic N) is 2. The third-order valence-electron chi connectivity index (χ3n) is 4.93. The molecule has 4 rings (SSSR count). The maximum atomic E-state index is 14.3. The molecule has 2 N–H and O–H groups in total. The van der Waals surface area contributed by atoms with Crippen LogP contribution in [-0.2, 0) is 0 Å². The first-order valence-corrected chi connectivity index (χ1v) is 9.93. The molecule has 8 heteroatoms. The van der Waals surface area contributed by atoms with Gasteiger partial charge in [-0.3, -0.25) is 4.79 Å². The number of amides is 1. The Morgan fingerprint density at radius 2 is 1.87 bits per heavy atom. The molecule has 3 aromatic rings. The van der Waals surface area contributed by atoms with E-state index >= 15 is 0 Å². The number of hydrogen-bond acceptors (Lipinski definition) is 4. The van der Waals surface area contributed by atoms with Crippen LogP contribution in [0.3, 0.4) is 0 Å². The Balaban J connectivity index is 1.83. The van der Waals surface area contributed by atoms with E-state index in [4.69, 9.17) is 17.0 Å². The number of benzene rings is 2.